The van der Waals surface area contributed by atoms with Crippen LogP contribution in [0.15, 0.2) is 11.6 Å². The van der Waals surface area contributed by atoms with Gasteiger partial charge in [0.25, 0.3) is 0 Å². The SMILES string of the molecule is C=C(Cl)C1CCC(C(=O)OC)CC1. The first-order valence-corrected chi connectivity index (χ1v) is 4.95. The molecule has 3 heteroatoms. The molecule has 0 heterocycles. The Morgan fingerprint density at radius 1 is 1.31 bits per heavy atom. The molecule has 0 atom stereocenters. The summed E-state index contributed by atoms with van der Waals surface area (Å²) in [6, 6.07) is 0. The predicted molar refractivity (Wildman–Crippen MR) is 52.5 cm³/mol. The summed E-state index contributed by atoms with van der Waals surface area (Å²) in [6.45, 7) is 3.72. The molecule has 1 fully saturated rings. The van der Waals surface area contributed by atoms with Crippen molar-refractivity contribution >= 4 is 17.6 Å². The summed E-state index contributed by atoms with van der Waals surface area (Å²) >= 11 is 5.81. The van der Waals surface area contributed by atoms with Crippen molar-refractivity contribution < 1.29 is 9.53 Å². The first-order chi connectivity index (χ1) is 6.15. The number of hydrogen-bond donors (Lipinski definition) is 0. The summed E-state index contributed by atoms with van der Waals surface area (Å²) in [5.41, 5.74) is 0. The van der Waals surface area contributed by atoms with Crippen LogP contribution in [-0.2, 0) is 9.53 Å². The molecule has 0 unspecified atom stereocenters. The van der Waals surface area contributed by atoms with E-state index < -0.39 is 0 Å². The monoisotopic (exact) mass is 202 g/mol. The Morgan fingerprint density at radius 3 is 2.15 bits per heavy atom. The molecule has 0 bridgehead atoms. The average Bonchev–Trinajstić information content (AvgIpc) is 2.17. The van der Waals surface area contributed by atoms with E-state index in [9.17, 15) is 4.79 Å². The third-order valence-corrected chi connectivity index (χ3v) is 3.01. The summed E-state index contributed by atoms with van der Waals surface area (Å²) < 4.78 is 4.69. The zero-order valence-electron chi connectivity index (χ0n) is 7.88. The number of carbonyl (C=O) groups is 1. The van der Waals surface area contributed by atoms with Crippen molar-refractivity contribution in [3.05, 3.63) is 11.6 Å². The third kappa shape index (κ3) is 2.73. The maximum atomic E-state index is 11.2. The van der Waals surface area contributed by atoms with Gasteiger partial charge in [0.15, 0.2) is 0 Å². The number of halogens is 1. The van der Waals surface area contributed by atoms with Gasteiger partial charge in [-0.1, -0.05) is 18.2 Å². The van der Waals surface area contributed by atoms with Crippen LogP contribution < -0.4 is 0 Å². The summed E-state index contributed by atoms with van der Waals surface area (Å²) in [5, 5.41) is 0.725. The maximum Gasteiger partial charge on any atom is 0.308 e. The van der Waals surface area contributed by atoms with Gasteiger partial charge in [-0.05, 0) is 31.6 Å². The Bertz CT molecular complexity index is 205. The molecule has 0 spiro atoms. The Kier molecular flexibility index (Phi) is 3.79. The third-order valence-electron chi connectivity index (χ3n) is 2.70. The van der Waals surface area contributed by atoms with E-state index in [1.54, 1.807) is 0 Å². The van der Waals surface area contributed by atoms with Crippen molar-refractivity contribution in [2.75, 3.05) is 7.11 Å². The van der Waals surface area contributed by atoms with Crippen LogP contribution in [0, 0.1) is 11.8 Å². The van der Waals surface area contributed by atoms with Crippen molar-refractivity contribution in [3.8, 4) is 0 Å². The molecule has 74 valence electrons. The van der Waals surface area contributed by atoms with Crippen molar-refractivity contribution in [3.63, 3.8) is 0 Å². The Labute approximate surface area is 83.9 Å². The smallest absolute Gasteiger partial charge is 0.308 e. The molecule has 0 aliphatic heterocycles. The minimum Gasteiger partial charge on any atom is -0.469 e. The molecule has 0 amide bonds. The molecule has 2 nitrogen and oxygen atoms in total. The van der Waals surface area contributed by atoms with Crippen LogP contribution in [0.4, 0.5) is 0 Å². The predicted octanol–water partition coefficient (Wildman–Crippen LogP) is 2.72. The zero-order valence-corrected chi connectivity index (χ0v) is 8.64. The standard InChI is InChI=1S/C10H15ClO2/c1-7(11)8-3-5-9(6-4-8)10(12)13-2/h8-9H,1,3-6H2,2H3. The van der Waals surface area contributed by atoms with Gasteiger partial charge in [0, 0.05) is 5.03 Å². The minimum atomic E-state index is -0.0846. The summed E-state index contributed by atoms with van der Waals surface area (Å²) in [7, 11) is 1.44. The van der Waals surface area contributed by atoms with Crippen LogP contribution in [0.3, 0.4) is 0 Å². The molecule has 0 saturated heterocycles. The van der Waals surface area contributed by atoms with Gasteiger partial charge in [0.1, 0.15) is 0 Å². The highest BCUT2D eigenvalue weighted by molar-refractivity contribution is 6.29. The molecular weight excluding hydrogens is 188 g/mol. The topological polar surface area (TPSA) is 26.3 Å². The first-order valence-electron chi connectivity index (χ1n) is 4.57. The van der Waals surface area contributed by atoms with Crippen LogP contribution in [0.2, 0.25) is 0 Å². The van der Waals surface area contributed by atoms with Gasteiger partial charge in [-0.2, -0.15) is 0 Å². The van der Waals surface area contributed by atoms with Gasteiger partial charge >= 0.3 is 5.97 Å². The van der Waals surface area contributed by atoms with E-state index >= 15 is 0 Å². The second kappa shape index (κ2) is 4.66. The van der Waals surface area contributed by atoms with Crippen LogP contribution >= 0.6 is 11.6 Å². The molecular formula is C10H15ClO2. The van der Waals surface area contributed by atoms with Gasteiger partial charge in [0.05, 0.1) is 13.0 Å². The second-order valence-corrected chi connectivity index (χ2v) is 4.00. The van der Waals surface area contributed by atoms with E-state index in [4.69, 9.17) is 16.3 Å². The minimum absolute atomic E-state index is 0.0808. The highest BCUT2D eigenvalue weighted by Crippen LogP contribution is 2.34. The molecule has 1 rings (SSSR count). The Hall–Kier alpha value is -0.500. The number of rotatable bonds is 2. The fourth-order valence-electron chi connectivity index (χ4n) is 1.81. The molecule has 1 aliphatic carbocycles. The quantitative estimate of drug-likeness (QED) is 0.644. The van der Waals surface area contributed by atoms with E-state index in [1.807, 2.05) is 0 Å². The highest BCUT2D eigenvalue weighted by atomic mass is 35.5. The van der Waals surface area contributed by atoms with Crippen LogP contribution in [0.25, 0.3) is 0 Å². The molecule has 0 aromatic rings. The number of carbonyl (C=O) groups excluding carboxylic acids is 1. The average molecular weight is 203 g/mol. The normalized spacial score (nSPS) is 28.2. The zero-order chi connectivity index (χ0) is 9.84. The van der Waals surface area contributed by atoms with Gasteiger partial charge in [-0.15, -0.1) is 0 Å². The van der Waals surface area contributed by atoms with Crippen LogP contribution in [-0.4, -0.2) is 13.1 Å². The van der Waals surface area contributed by atoms with Crippen molar-refractivity contribution in [2.45, 2.75) is 25.7 Å². The largest absolute Gasteiger partial charge is 0.469 e. The number of hydrogen-bond acceptors (Lipinski definition) is 2. The lowest BCUT2D eigenvalue weighted by atomic mass is 9.82. The lowest BCUT2D eigenvalue weighted by molar-refractivity contribution is -0.146. The van der Waals surface area contributed by atoms with Gasteiger partial charge in [-0.3, -0.25) is 4.79 Å². The van der Waals surface area contributed by atoms with Crippen LogP contribution in [0.5, 0.6) is 0 Å². The summed E-state index contributed by atoms with van der Waals surface area (Å²) in [5.74, 6) is 0.387. The van der Waals surface area contributed by atoms with Gasteiger partial charge < -0.3 is 4.74 Å². The van der Waals surface area contributed by atoms with Gasteiger partial charge in [-0.25, -0.2) is 0 Å². The fraction of sp³-hybridized carbons (Fsp3) is 0.700. The van der Waals surface area contributed by atoms with Crippen molar-refractivity contribution in [1.82, 2.24) is 0 Å². The lowest BCUT2D eigenvalue weighted by Crippen LogP contribution is -2.22. The molecule has 0 aromatic heterocycles. The van der Waals surface area contributed by atoms with Gasteiger partial charge in [0.2, 0.25) is 0 Å². The van der Waals surface area contributed by atoms with E-state index in [0.717, 1.165) is 30.7 Å². The van der Waals surface area contributed by atoms with E-state index in [-0.39, 0.29) is 11.9 Å². The Balaban J connectivity index is 2.39. The Morgan fingerprint density at radius 2 is 1.77 bits per heavy atom. The number of methoxy groups -OCH3 is 1. The maximum absolute atomic E-state index is 11.2. The van der Waals surface area contributed by atoms with E-state index in [0.29, 0.717) is 5.92 Å². The number of esters is 1. The highest BCUT2D eigenvalue weighted by Gasteiger charge is 2.27. The molecule has 13 heavy (non-hydrogen) atoms. The summed E-state index contributed by atoms with van der Waals surface area (Å²) in [4.78, 5) is 11.2. The second-order valence-electron chi connectivity index (χ2n) is 3.52. The number of allylic oxidation sites excluding steroid dienone is 1. The number of ether oxygens (including phenoxy) is 1. The molecule has 0 N–H and O–H groups in total. The van der Waals surface area contributed by atoms with Crippen LogP contribution in [0.1, 0.15) is 25.7 Å². The van der Waals surface area contributed by atoms with Crippen molar-refractivity contribution in [2.24, 2.45) is 11.8 Å². The summed E-state index contributed by atoms with van der Waals surface area (Å²) in [6.07, 6.45) is 3.68. The molecule has 0 radical (unpaired) electrons. The van der Waals surface area contributed by atoms with E-state index in [2.05, 4.69) is 6.58 Å². The molecule has 1 saturated carbocycles. The lowest BCUT2D eigenvalue weighted by Gasteiger charge is -2.25. The van der Waals surface area contributed by atoms with Crippen molar-refractivity contribution in [1.29, 1.82) is 0 Å². The molecule has 0 aromatic carbocycles. The van der Waals surface area contributed by atoms with E-state index in [1.165, 1.54) is 7.11 Å². The first kappa shape index (κ1) is 10.6. The molecule has 1 aliphatic rings. The fourth-order valence-corrected chi connectivity index (χ4v) is 2.03.